The second-order valence-corrected chi connectivity index (χ2v) is 5.11. The summed E-state index contributed by atoms with van der Waals surface area (Å²) in [6, 6.07) is 0. The van der Waals surface area contributed by atoms with Crippen molar-refractivity contribution in [3.05, 3.63) is 0 Å². The van der Waals surface area contributed by atoms with Crippen LogP contribution in [0.15, 0.2) is 4.99 Å². The number of rotatable bonds is 7. The van der Waals surface area contributed by atoms with Gasteiger partial charge in [-0.25, -0.2) is 0 Å². The lowest BCUT2D eigenvalue weighted by molar-refractivity contribution is -0.0136. The van der Waals surface area contributed by atoms with E-state index in [1.165, 1.54) is 19.3 Å². The second-order valence-electron chi connectivity index (χ2n) is 5.11. The minimum atomic E-state index is 0. The lowest BCUT2D eigenvalue weighted by atomic mass is 10.2. The van der Waals surface area contributed by atoms with Crippen LogP contribution in [0.3, 0.4) is 0 Å². The molecule has 1 unspecified atom stereocenters. The molecule has 1 atom stereocenters. The summed E-state index contributed by atoms with van der Waals surface area (Å²) in [4.78, 5) is 6.91. The molecule has 0 amide bonds. The van der Waals surface area contributed by atoms with Crippen LogP contribution < -0.4 is 10.6 Å². The van der Waals surface area contributed by atoms with E-state index in [0.29, 0.717) is 0 Å². The van der Waals surface area contributed by atoms with Gasteiger partial charge in [0.25, 0.3) is 0 Å². The molecule has 2 N–H and O–H groups in total. The summed E-state index contributed by atoms with van der Waals surface area (Å²) in [5.74, 6) is 0.912. The van der Waals surface area contributed by atoms with E-state index < -0.39 is 0 Å². The van der Waals surface area contributed by atoms with Gasteiger partial charge in [0.2, 0.25) is 0 Å². The van der Waals surface area contributed by atoms with Gasteiger partial charge in [-0.3, -0.25) is 4.99 Å². The molecule has 1 rings (SSSR count). The number of halogens is 1. The predicted octanol–water partition coefficient (Wildman–Crippen LogP) is 1.68. The molecule has 0 spiro atoms. The maximum atomic E-state index is 5.72. The zero-order valence-corrected chi connectivity index (χ0v) is 15.5. The molecule has 0 aromatic heterocycles. The van der Waals surface area contributed by atoms with Gasteiger partial charge >= 0.3 is 0 Å². The first-order chi connectivity index (χ1) is 9.26. The summed E-state index contributed by atoms with van der Waals surface area (Å²) in [7, 11) is 2.13. The zero-order chi connectivity index (χ0) is 13.9. The Hall–Kier alpha value is -0.0800. The maximum Gasteiger partial charge on any atom is 0.191 e. The molecular formula is C14H31IN4O. The van der Waals surface area contributed by atoms with Crippen LogP contribution in [0.5, 0.6) is 0 Å². The van der Waals surface area contributed by atoms with Crippen molar-refractivity contribution in [2.75, 3.05) is 46.4 Å². The molecular weight excluding hydrogens is 367 g/mol. The van der Waals surface area contributed by atoms with Crippen molar-refractivity contribution in [2.24, 2.45) is 4.99 Å². The summed E-state index contributed by atoms with van der Waals surface area (Å²) in [5, 5.41) is 6.66. The molecule has 5 nitrogen and oxygen atoms in total. The van der Waals surface area contributed by atoms with Crippen LogP contribution >= 0.6 is 24.0 Å². The van der Waals surface area contributed by atoms with E-state index in [1.54, 1.807) is 0 Å². The molecule has 1 aliphatic rings. The topological polar surface area (TPSA) is 48.9 Å². The summed E-state index contributed by atoms with van der Waals surface area (Å²) in [6.45, 7) is 9.74. The van der Waals surface area contributed by atoms with Crippen molar-refractivity contribution in [1.29, 1.82) is 0 Å². The highest BCUT2D eigenvalue weighted by molar-refractivity contribution is 14.0. The van der Waals surface area contributed by atoms with E-state index in [1.807, 2.05) is 0 Å². The molecule has 1 saturated heterocycles. The summed E-state index contributed by atoms with van der Waals surface area (Å²) in [5.41, 5.74) is 0. The predicted molar refractivity (Wildman–Crippen MR) is 96.2 cm³/mol. The number of morpholine rings is 1. The van der Waals surface area contributed by atoms with Gasteiger partial charge in [-0.05, 0) is 20.4 Å². The maximum absolute atomic E-state index is 5.72. The van der Waals surface area contributed by atoms with Gasteiger partial charge < -0.3 is 20.3 Å². The van der Waals surface area contributed by atoms with Crippen molar-refractivity contribution in [3.63, 3.8) is 0 Å². The largest absolute Gasteiger partial charge is 0.374 e. The molecule has 0 aromatic carbocycles. The van der Waals surface area contributed by atoms with Crippen molar-refractivity contribution in [1.82, 2.24) is 15.5 Å². The Balaban J connectivity index is 0.00000361. The summed E-state index contributed by atoms with van der Waals surface area (Å²) >= 11 is 0. The van der Waals surface area contributed by atoms with Gasteiger partial charge in [-0.1, -0.05) is 19.8 Å². The Kier molecular flexibility index (Phi) is 12.6. The Morgan fingerprint density at radius 2 is 2.10 bits per heavy atom. The molecule has 6 heteroatoms. The number of guanidine groups is 1. The number of hydrogen-bond acceptors (Lipinski definition) is 3. The molecule has 1 fully saturated rings. The molecule has 0 saturated carbocycles. The third kappa shape index (κ3) is 8.97. The molecule has 20 heavy (non-hydrogen) atoms. The SMILES string of the molecule is CCCCCNC(=NCC1CN(C)CCO1)NCC.I. The molecule has 0 radical (unpaired) electrons. The van der Waals surface area contributed by atoms with E-state index in [-0.39, 0.29) is 30.1 Å². The van der Waals surface area contributed by atoms with Crippen LogP contribution in [0, 0.1) is 0 Å². The van der Waals surface area contributed by atoms with Crippen LogP contribution in [-0.2, 0) is 4.74 Å². The first-order valence-corrected chi connectivity index (χ1v) is 7.58. The minimum absolute atomic E-state index is 0. The monoisotopic (exact) mass is 398 g/mol. The third-order valence-electron chi connectivity index (χ3n) is 3.21. The lowest BCUT2D eigenvalue weighted by Crippen LogP contribution is -2.43. The van der Waals surface area contributed by atoms with Crippen molar-refractivity contribution in [2.45, 2.75) is 39.2 Å². The van der Waals surface area contributed by atoms with Gasteiger partial charge in [0.15, 0.2) is 5.96 Å². The molecule has 1 heterocycles. The summed E-state index contributed by atoms with van der Waals surface area (Å²) < 4.78 is 5.72. The summed E-state index contributed by atoms with van der Waals surface area (Å²) in [6.07, 6.45) is 3.94. The molecule has 120 valence electrons. The Labute approximate surface area is 140 Å². The van der Waals surface area contributed by atoms with Gasteiger partial charge in [-0.2, -0.15) is 0 Å². The van der Waals surface area contributed by atoms with Crippen molar-refractivity contribution >= 4 is 29.9 Å². The average molecular weight is 398 g/mol. The van der Waals surface area contributed by atoms with E-state index in [9.17, 15) is 0 Å². The fourth-order valence-electron chi connectivity index (χ4n) is 2.09. The number of aliphatic imine (C=N–C) groups is 1. The second kappa shape index (κ2) is 12.6. The van der Waals surface area contributed by atoms with E-state index in [0.717, 1.165) is 45.3 Å². The lowest BCUT2D eigenvalue weighted by Gasteiger charge is -2.29. The molecule has 1 aliphatic heterocycles. The van der Waals surface area contributed by atoms with Crippen LogP contribution in [0.25, 0.3) is 0 Å². The third-order valence-corrected chi connectivity index (χ3v) is 3.21. The van der Waals surface area contributed by atoms with Gasteiger partial charge in [0.05, 0.1) is 19.3 Å². The first-order valence-electron chi connectivity index (χ1n) is 7.58. The standard InChI is InChI=1S/C14H30N4O.HI/c1-4-6-7-8-16-14(15-5-2)17-11-13-12-18(3)9-10-19-13;/h13H,4-12H2,1-3H3,(H2,15,16,17);1H. The first kappa shape index (κ1) is 19.9. The van der Waals surface area contributed by atoms with Gasteiger partial charge in [0, 0.05) is 26.2 Å². The van der Waals surface area contributed by atoms with E-state index >= 15 is 0 Å². The van der Waals surface area contributed by atoms with Crippen LogP contribution in [0.1, 0.15) is 33.1 Å². The Bertz CT molecular complexity index is 264. The number of likely N-dealkylation sites (N-methyl/N-ethyl adjacent to an activating group) is 1. The molecule has 0 aromatic rings. The fraction of sp³-hybridized carbons (Fsp3) is 0.929. The van der Waals surface area contributed by atoms with E-state index in [4.69, 9.17) is 4.74 Å². The zero-order valence-electron chi connectivity index (χ0n) is 13.2. The van der Waals surface area contributed by atoms with Crippen LogP contribution in [0.4, 0.5) is 0 Å². The number of nitrogens with zero attached hydrogens (tertiary/aromatic N) is 2. The van der Waals surface area contributed by atoms with Crippen molar-refractivity contribution < 1.29 is 4.74 Å². The minimum Gasteiger partial charge on any atom is -0.374 e. The van der Waals surface area contributed by atoms with Gasteiger partial charge in [-0.15, -0.1) is 24.0 Å². The van der Waals surface area contributed by atoms with Crippen LogP contribution in [-0.4, -0.2) is 63.3 Å². The quantitative estimate of drug-likeness (QED) is 0.297. The molecule has 0 aliphatic carbocycles. The normalized spacial score (nSPS) is 20.4. The highest BCUT2D eigenvalue weighted by Gasteiger charge is 2.17. The smallest absolute Gasteiger partial charge is 0.191 e. The number of nitrogens with one attached hydrogen (secondary N) is 2. The van der Waals surface area contributed by atoms with Gasteiger partial charge in [0.1, 0.15) is 0 Å². The number of ether oxygens (including phenoxy) is 1. The number of hydrogen-bond donors (Lipinski definition) is 2. The highest BCUT2D eigenvalue weighted by atomic mass is 127. The number of unbranched alkanes of at least 4 members (excludes halogenated alkanes) is 2. The fourth-order valence-corrected chi connectivity index (χ4v) is 2.09. The van der Waals surface area contributed by atoms with E-state index in [2.05, 4.69) is 41.4 Å². The Morgan fingerprint density at radius 1 is 1.30 bits per heavy atom. The van der Waals surface area contributed by atoms with Crippen LogP contribution in [0.2, 0.25) is 0 Å². The highest BCUT2D eigenvalue weighted by Crippen LogP contribution is 2.03. The molecule has 0 bridgehead atoms. The Morgan fingerprint density at radius 3 is 2.75 bits per heavy atom. The average Bonchev–Trinajstić information content (AvgIpc) is 2.41. The van der Waals surface area contributed by atoms with Crippen molar-refractivity contribution in [3.8, 4) is 0 Å².